The van der Waals surface area contributed by atoms with Gasteiger partial charge in [0.15, 0.2) is 9.84 Å². The fourth-order valence-electron chi connectivity index (χ4n) is 14.5. The lowest BCUT2D eigenvalue weighted by Crippen LogP contribution is -2.68. The molecule has 7 aliphatic rings. The molecule has 0 amide bonds. The molecule has 0 aromatic heterocycles. The molecule has 50 heavy (non-hydrogen) atoms. The lowest BCUT2D eigenvalue weighted by Gasteiger charge is -2.72. The van der Waals surface area contributed by atoms with Crippen LogP contribution in [-0.2, 0) is 14.6 Å². The average molecular weight is 711 g/mol. The van der Waals surface area contributed by atoms with Gasteiger partial charge in [-0.15, -0.1) is 0 Å². The molecule has 11 atom stereocenters. The van der Waals surface area contributed by atoms with Crippen molar-refractivity contribution >= 4 is 15.8 Å². The minimum Gasteiger partial charge on any atom is -0.481 e. The van der Waals surface area contributed by atoms with Crippen LogP contribution in [0.1, 0.15) is 106 Å². The highest BCUT2D eigenvalue weighted by Crippen LogP contribution is 2.76. The third-order valence-corrected chi connectivity index (χ3v) is 18.8. The van der Waals surface area contributed by atoms with Crippen molar-refractivity contribution in [3.05, 3.63) is 35.5 Å². The number of hydrogen-bond donors (Lipinski definition) is 3. The molecule has 280 valence electrons. The van der Waals surface area contributed by atoms with Crippen molar-refractivity contribution in [2.24, 2.45) is 63.1 Å². The molecule has 6 aliphatic carbocycles. The van der Waals surface area contributed by atoms with E-state index in [1.54, 1.807) is 0 Å². The molecular formula is C42H66N2O5S. The van der Waals surface area contributed by atoms with Gasteiger partial charge in [0.1, 0.15) is 0 Å². The predicted octanol–water partition coefficient (Wildman–Crippen LogP) is 6.89. The van der Waals surface area contributed by atoms with E-state index in [-0.39, 0.29) is 39.7 Å². The highest BCUT2D eigenvalue weighted by atomic mass is 32.2. The first-order valence-corrected chi connectivity index (χ1v) is 21.8. The summed E-state index contributed by atoms with van der Waals surface area (Å²) in [5.41, 5.74) is 4.65. The first-order valence-electron chi connectivity index (χ1n) is 20.0. The smallest absolute Gasteiger partial charge is 0.310 e. The number of allylic oxidation sites excluding steroid dienone is 4. The fraction of sp³-hybridized carbons (Fsp3) is 0.833. The number of aliphatic hydroxyl groups is 1. The number of rotatable bonds is 8. The van der Waals surface area contributed by atoms with E-state index >= 15 is 0 Å². The number of hydrogen-bond acceptors (Lipinski definition) is 6. The van der Waals surface area contributed by atoms with Crippen molar-refractivity contribution < 1.29 is 23.4 Å². The molecule has 0 aromatic rings. The summed E-state index contributed by atoms with van der Waals surface area (Å²) >= 11 is 0. The van der Waals surface area contributed by atoms with Crippen LogP contribution in [0, 0.1) is 63.1 Å². The average Bonchev–Trinajstić information content (AvgIpc) is 3.65. The Balaban J connectivity index is 1.14. The molecule has 3 N–H and O–H groups in total. The van der Waals surface area contributed by atoms with Crippen LogP contribution in [0.25, 0.3) is 0 Å². The Labute approximate surface area is 302 Å². The maximum absolute atomic E-state index is 12.1. The second-order valence-electron chi connectivity index (χ2n) is 19.5. The fourth-order valence-corrected chi connectivity index (χ4v) is 15.8. The van der Waals surface area contributed by atoms with Crippen LogP contribution in [0.4, 0.5) is 0 Å². The number of aliphatic carboxylic acids is 1. The third kappa shape index (κ3) is 5.49. The van der Waals surface area contributed by atoms with Crippen LogP contribution in [-0.4, -0.2) is 79.3 Å². The van der Waals surface area contributed by atoms with E-state index in [2.05, 4.69) is 64.4 Å². The zero-order valence-corrected chi connectivity index (χ0v) is 32.7. The van der Waals surface area contributed by atoms with Gasteiger partial charge < -0.3 is 20.4 Å². The SMILES string of the molecule is C=C(C)C1CCC2(NCCN3CCS(=O)(=O)CC3)CCC3(C)C(CCC4C5(C)CC=C(C6=CC(C(=O)O)C(CO)C6)C(C)(C)C5CCC43C)C12. The molecule has 0 spiro atoms. The number of carbonyl (C=O) groups is 1. The van der Waals surface area contributed by atoms with Gasteiger partial charge >= 0.3 is 5.97 Å². The second-order valence-corrected chi connectivity index (χ2v) is 21.8. The van der Waals surface area contributed by atoms with E-state index in [4.69, 9.17) is 0 Å². The maximum Gasteiger partial charge on any atom is 0.310 e. The van der Waals surface area contributed by atoms with Crippen molar-refractivity contribution in [1.82, 2.24) is 10.2 Å². The van der Waals surface area contributed by atoms with Crippen molar-refractivity contribution in [1.29, 1.82) is 0 Å². The Bertz CT molecular complexity index is 1550. The van der Waals surface area contributed by atoms with Gasteiger partial charge in [0.25, 0.3) is 0 Å². The number of carboxylic acids is 1. The van der Waals surface area contributed by atoms with Gasteiger partial charge in [0, 0.05) is 44.2 Å². The van der Waals surface area contributed by atoms with E-state index in [1.165, 1.54) is 68.1 Å². The number of aliphatic hydroxyl groups excluding tert-OH is 1. The number of carboxylic acid groups (broad SMARTS) is 1. The Kier molecular flexibility index (Phi) is 9.25. The summed E-state index contributed by atoms with van der Waals surface area (Å²) in [6.07, 6.45) is 16.1. The van der Waals surface area contributed by atoms with E-state index in [9.17, 15) is 23.4 Å². The van der Waals surface area contributed by atoms with Crippen molar-refractivity contribution in [2.45, 2.75) is 111 Å². The zero-order chi connectivity index (χ0) is 36.1. The monoisotopic (exact) mass is 710 g/mol. The van der Waals surface area contributed by atoms with Crippen LogP contribution < -0.4 is 5.32 Å². The first-order chi connectivity index (χ1) is 23.4. The van der Waals surface area contributed by atoms with Crippen LogP contribution in [0.5, 0.6) is 0 Å². The molecule has 0 bridgehead atoms. The Morgan fingerprint density at radius 1 is 0.980 bits per heavy atom. The molecule has 8 heteroatoms. The summed E-state index contributed by atoms with van der Waals surface area (Å²) < 4.78 is 24.1. The Morgan fingerprint density at radius 3 is 2.34 bits per heavy atom. The molecule has 5 fully saturated rings. The van der Waals surface area contributed by atoms with E-state index in [0.717, 1.165) is 19.5 Å². The first kappa shape index (κ1) is 36.9. The second kappa shape index (κ2) is 12.6. The summed E-state index contributed by atoms with van der Waals surface area (Å²) in [7, 11) is -2.87. The molecule has 0 aromatic carbocycles. The summed E-state index contributed by atoms with van der Waals surface area (Å²) in [5.74, 6) is 1.91. The maximum atomic E-state index is 12.1. The van der Waals surface area contributed by atoms with Crippen LogP contribution in [0.2, 0.25) is 0 Å². The Morgan fingerprint density at radius 2 is 1.70 bits per heavy atom. The Hall–Kier alpha value is -1.48. The van der Waals surface area contributed by atoms with E-state index in [0.29, 0.717) is 60.6 Å². The lowest BCUT2D eigenvalue weighted by atomic mass is 9.33. The third-order valence-electron chi connectivity index (χ3n) is 17.2. The number of nitrogens with zero attached hydrogens (tertiary/aromatic N) is 1. The molecule has 4 saturated carbocycles. The van der Waals surface area contributed by atoms with Crippen LogP contribution >= 0.6 is 0 Å². The normalized spacial score (nSPS) is 46.5. The molecule has 0 radical (unpaired) electrons. The van der Waals surface area contributed by atoms with Crippen LogP contribution in [0.15, 0.2) is 35.5 Å². The van der Waals surface area contributed by atoms with Gasteiger partial charge in [-0.1, -0.05) is 58.9 Å². The van der Waals surface area contributed by atoms with Gasteiger partial charge in [-0.05, 0) is 134 Å². The van der Waals surface area contributed by atoms with Gasteiger partial charge in [-0.2, -0.15) is 0 Å². The summed E-state index contributed by atoms with van der Waals surface area (Å²) in [4.78, 5) is 14.4. The quantitative estimate of drug-likeness (QED) is 0.236. The molecular weight excluding hydrogens is 645 g/mol. The van der Waals surface area contributed by atoms with Crippen LogP contribution in [0.3, 0.4) is 0 Å². The molecule has 1 saturated heterocycles. The van der Waals surface area contributed by atoms with Crippen molar-refractivity contribution in [3.8, 4) is 0 Å². The molecule has 1 aliphatic heterocycles. The topological polar surface area (TPSA) is 107 Å². The number of sulfone groups is 1. The van der Waals surface area contributed by atoms with Gasteiger partial charge in [0.05, 0.1) is 17.4 Å². The lowest BCUT2D eigenvalue weighted by molar-refractivity contribution is -0.221. The highest BCUT2D eigenvalue weighted by Gasteiger charge is 2.70. The largest absolute Gasteiger partial charge is 0.481 e. The standard InChI is InChI=1S/C42H66N2O5S/c1-27(2)30-10-15-42(43-18-19-44-20-22-50(48,49)23-21-44)17-16-40(6)33(36(30)42)8-9-35-39(5)13-11-32(28-24-29(26-45)31(25-28)37(46)47)38(3,4)34(39)12-14-41(35,40)7/h11,25,29-31,33-36,43,45H,1,8-10,12-24,26H2,2-7H3,(H,46,47). The molecule has 7 nitrogen and oxygen atoms in total. The molecule has 11 unspecified atom stereocenters. The van der Waals surface area contributed by atoms with Crippen molar-refractivity contribution in [3.63, 3.8) is 0 Å². The number of fused-ring (bicyclic) bond motifs is 7. The number of nitrogens with one attached hydrogen (secondary N) is 1. The minimum atomic E-state index is -2.87. The molecule has 7 rings (SSSR count). The minimum absolute atomic E-state index is 0.0496. The van der Waals surface area contributed by atoms with Crippen molar-refractivity contribution in [2.75, 3.05) is 44.3 Å². The summed E-state index contributed by atoms with van der Waals surface area (Å²) in [5, 5.41) is 24.1. The van der Waals surface area contributed by atoms with Gasteiger partial charge in [-0.3, -0.25) is 4.79 Å². The summed E-state index contributed by atoms with van der Waals surface area (Å²) in [6, 6.07) is 0. The van der Waals surface area contributed by atoms with E-state index < -0.39 is 21.7 Å². The predicted molar refractivity (Wildman–Crippen MR) is 200 cm³/mol. The molecule has 1 heterocycles. The van der Waals surface area contributed by atoms with Gasteiger partial charge in [0.2, 0.25) is 0 Å². The van der Waals surface area contributed by atoms with E-state index in [1.807, 2.05) is 6.08 Å². The van der Waals surface area contributed by atoms with Gasteiger partial charge in [-0.25, -0.2) is 8.42 Å². The summed E-state index contributed by atoms with van der Waals surface area (Å²) in [6.45, 7) is 22.8. The highest BCUT2D eigenvalue weighted by molar-refractivity contribution is 7.91. The zero-order valence-electron chi connectivity index (χ0n) is 31.9.